The molecule has 0 saturated carbocycles. The van der Waals surface area contributed by atoms with E-state index in [9.17, 15) is 0 Å². The Morgan fingerprint density at radius 3 is 2.88 bits per heavy atom. The zero-order valence-corrected chi connectivity index (χ0v) is 10.2. The Kier molecular flexibility index (Phi) is 2.62. The van der Waals surface area contributed by atoms with Crippen LogP contribution in [0.2, 0.25) is 0 Å². The molecule has 0 atom stereocenters. The molecule has 0 fully saturated rings. The van der Waals surface area contributed by atoms with Crippen LogP contribution < -0.4 is 5.73 Å². The third kappa shape index (κ3) is 2.06. The molecular weight excluding hydrogens is 254 g/mol. The van der Waals surface area contributed by atoms with Gasteiger partial charge in [-0.15, -0.1) is 0 Å². The Bertz CT molecular complexity index is 653. The lowest BCUT2D eigenvalue weighted by Gasteiger charge is -2.03. The number of hydrogen-bond donors (Lipinski definition) is 1. The summed E-state index contributed by atoms with van der Waals surface area (Å²) in [5.41, 5.74) is 7.35. The minimum absolute atomic E-state index is 0.700. The highest BCUT2D eigenvalue weighted by Crippen LogP contribution is 2.31. The standard InChI is InChI=1S/C10H7N5S2/c11-6-1-2-8-7(3-6)9(13-4-12-8)16-10-14-5-15-17-10/h1-5H,11H2. The average Bonchev–Trinajstić information content (AvgIpc) is 2.83. The topological polar surface area (TPSA) is 77.6 Å². The van der Waals surface area contributed by atoms with Crippen molar-refractivity contribution in [2.24, 2.45) is 0 Å². The van der Waals surface area contributed by atoms with Crippen molar-refractivity contribution in [2.45, 2.75) is 9.37 Å². The van der Waals surface area contributed by atoms with Gasteiger partial charge in [0.2, 0.25) is 0 Å². The molecule has 3 aromatic rings. The van der Waals surface area contributed by atoms with E-state index in [1.807, 2.05) is 18.2 Å². The van der Waals surface area contributed by atoms with E-state index < -0.39 is 0 Å². The van der Waals surface area contributed by atoms with Gasteiger partial charge in [-0.25, -0.2) is 15.0 Å². The van der Waals surface area contributed by atoms with E-state index in [1.165, 1.54) is 29.6 Å². The molecule has 2 aromatic heterocycles. The molecule has 5 nitrogen and oxygen atoms in total. The summed E-state index contributed by atoms with van der Waals surface area (Å²) in [4.78, 5) is 12.6. The summed E-state index contributed by atoms with van der Waals surface area (Å²) in [5, 5.41) is 1.78. The summed E-state index contributed by atoms with van der Waals surface area (Å²) in [7, 11) is 0. The number of nitrogens with two attached hydrogens (primary N) is 1. The van der Waals surface area contributed by atoms with Crippen molar-refractivity contribution in [1.82, 2.24) is 19.3 Å². The Morgan fingerprint density at radius 2 is 2.06 bits per heavy atom. The van der Waals surface area contributed by atoms with Crippen molar-refractivity contribution in [3.05, 3.63) is 30.9 Å². The number of hydrogen-bond acceptors (Lipinski definition) is 7. The quantitative estimate of drug-likeness (QED) is 0.563. The molecule has 1 aromatic carbocycles. The van der Waals surface area contributed by atoms with Crippen LogP contribution in [0.5, 0.6) is 0 Å². The molecule has 0 aliphatic carbocycles. The van der Waals surface area contributed by atoms with Gasteiger partial charge in [-0.05, 0) is 41.5 Å². The first-order valence-electron chi connectivity index (χ1n) is 4.78. The zero-order valence-electron chi connectivity index (χ0n) is 8.57. The molecule has 2 N–H and O–H groups in total. The second-order valence-electron chi connectivity index (χ2n) is 3.26. The summed E-state index contributed by atoms with van der Waals surface area (Å²) in [6.07, 6.45) is 3.08. The van der Waals surface area contributed by atoms with E-state index in [0.717, 1.165) is 20.3 Å². The van der Waals surface area contributed by atoms with Crippen molar-refractivity contribution < 1.29 is 0 Å². The first kappa shape index (κ1) is 10.4. The highest BCUT2D eigenvalue weighted by atomic mass is 32.2. The van der Waals surface area contributed by atoms with E-state index in [0.29, 0.717) is 5.69 Å². The van der Waals surface area contributed by atoms with Gasteiger partial charge in [0.05, 0.1) is 5.52 Å². The average molecular weight is 261 g/mol. The second-order valence-corrected chi connectivity index (χ2v) is 5.28. The Hall–Kier alpha value is -1.73. The van der Waals surface area contributed by atoms with Gasteiger partial charge in [-0.3, -0.25) is 0 Å². The summed E-state index contributed by atoms with van der Waals surface area (Å²) < 4.78 is 4.81. The largest absolute Gasteiger partial charge is 0.399 e. The molecule has 0 radical (unpaired) electrons. The van der Waals surface area contributed by atoms with Crippen LogP contribution in [0.1, 0.15) is 0 Å². The molecule has 0 amide bonds. The van der Waals surface area contributed by atoms with E-state index >= 15 is 0 Å². The molecule has 3 rings (SSSR count). The van der Waals surface area contributed by atoms with E-state index in [2.05, 4.69) is 19.3 Å². The van der Waals surface area contributed by atoms with Crippen molar-refractivity contribution in [3.8, 4) is 0 Å². The Morgan fingerprint density at radius 1 is 1.12 bits per heavy atom. The lowest BCUT2D eigenvalue weighted by atomic mass is 10.2. The fourth-order valence-corrected chi connectivity index (χ4v) is 2.85. The lowest BCUT2D eigenvalue weighted by Crippen LogP contribution is -1.89. The first-order chi connectivity index (χ1) is 8.33. The number of anilines is 1. The van der Waals surface area contributed by atoms with Crippen molar-refractivity contribution in [1.29, 1.82) is 0 Å². The van der Waals surface area contributed by atoms with E-state index in [-0.39, 0.29) is 0 Å². The molecule has 7 heteroatoms. The van der Waals surface area contributed by atoms with Crippen LogP contribution in [0.25, 0.3) is 10.9 Å². The molecule has 84 valence electrons. The van der Waals surface area contributed by atoms with Gasteiger partial charge in [0.15, 0.2) is 4.34 Å². The van der Waals surface area contributed by atoms with Gasteiger partial charge in [0.1, 0.15) is 17.7 Å². The molecule has 0 saturated heterocycles. The molecule has 0 aliphatic rings. The highest BCUT2D eigenvalue weighted by molar-refractivity contribution is 8.01. The summed E-state index contributed by atoms with van der Waals surface area (Å²) in [6, 6.07) is 5.59. The number of fused-ring (bicyclic) bond motifs is 1. The summed E-state index contributed by atoms with van der Waals surface area (Å²) in [5.74, 6) is 0. The molecule has 0 spiro atoms. The predicted octanol–water partition coefficient (Wildman–Crippen LogP) is 2.21. The van der Waals surface area contributed by atoms with Gasteiger partial charge in [0.25, 0.3) is 0 Å². The minimum Gasteiger partial charge on any atom is -0.399 e. The van der Waals surface area contributed by atoms with Crippen LogP contribution in [0.3, 0.4) is 0 Å². The molecule has 0 aliphatic heterocycles. The smallest absolute Gasteiger partial charge is 0.176 e. The van der Waals surface area contributed by atoms with Crippen molar-refractivity contribution in [2.75, 3.05) is 5.73 Å². The summed E-state index contributed by atoms with van der Waals surface area (Å²) in [6.45, 7) is 0. The SMILES string of the molecule is Nc1ccc2ncnc(Sc3ncns3)c2c1. The first-order valence-corrected chi connectivity index (χ1v) is 6.37. The summed E-state index contributed by atoms with van der Waals surface area (Å²) >= 11 is 2.81. The van der Waals surface area contributed by atoms with Crippen LogP contribution in [-0.4, -0.2) is 19.3 Å². The number of nitrogens with zero attached hydrogens (tertiary/aromatic N) is 4. The Labute approximate surface area is 105 Å². The molecule has 17 heavy (non-hydrogen) atoms. The van der Waals surface area contributed by atoms with E-state index in [4.69, 9.17) is 5.73 Å². The van der Waals surface area contributed by atoms with Gasteiger partial charge < -0.3 is 5.73 Å². The van der Waals surface area contributed by atoms with Gasteiger partial charge in [0, 0.05) is 11.1 Å². The molecular formula is C10H7N5S2. The van der Waals surface area contributed by atoms with Crippen molar-refractivity contribution >= 4 is 39.9 Å². The monoisotopic (exact) mass is 261 g/mol. The predicted molar refractivity (Wildman–Crippen MR) is 68.0 cm³/mol. The Balaban J connectivity index is 2.12. The highest BCUT2D eigenvalue weighted by Gasteiger charge is 2.07. The lowest BCUT2D eigenvalue weighted by molar-refractivity contribution is 1.09. The molecule has 2 heterocycles. The third-order valence-electron chi connectivity index (χ3n) is 2.15. The zero-order chi connectivity index (χ0) is 11.7. The van der Waals surface area contributed by atoms with Crippen LogP contribution in [0.15, 0.2) is 40.2 Å². The van der Waals surface area contributed by atoms with Crippen LogP contribution in [0, 0.1) is 0 Å². The molecule has 0 bridgehead atoms. The van der Waals surface area contributed by atoms with Gasteiger partial charge in [-0.1, -0.05) is 0 Å². The number of aromatic nitrogens is 4. The number of rotatable bonds is 2. The fourth-order valence-electron chi connectivity index (χ4n) is 1.42. The van der Waals surface area contributed by atoms with Crippen LogP contribution in [0.4, 0.5) is 5.69 Å². The number of nitrogen functional groups attached to an aromatic ring is 1. The third-order valence-corrected chi connectivity index (χ3v) is 3.88. The van der Waals surface area contributed by atoms with Crippen molar-refractivity contribution in [3.63, 3.8) is 0 Å². The van der Waals surface area contributed by atoms with Crippen LogP contribution >= 0.6 is 23.3 Å². The maximum atomic E-state index is 5.78. The maximum Gasteiger partial charge on any atom is 0.176 e. The van der Waals surface area contributed by atoms with Gasteiger partial charge >= 0.3 is 0 Å². The van der Waals surface area contributed by atoms with Crippen LogP contribution in [-0.2, 0) is 0 Å². The fraction of sp³-hybridized carbons (Fsp3) is 0. The second kappa shape index (κ2) is 4.27. The van der Waals surface area contributed by atoms with E-state index in [1.54, 1.807) is 6.33 Å². The normalized spacial score (nSPS) is 10.8. The minimum atomic E-state index is 0.700. The van der Waals surface area contributed by atoms with Gasteiger partial charge in [-0.2, -0.15) is 4.37 Å². The maximum absolute atomic E-state index is 5.78. The number of benzene rings is 1. The molecule has 0 unspecified atom stereocenters.